The maximum atomic E-state index is 11.7. The van der Waals surface area contributed by atoms with E-state index in [2.05, 4.69) is 24.9 Å². The molecule has 4 nitrogen and oxygen atoms in total. The van der Waals surface area contributed by atoms with Crippen LogP contribution in [0.4, 0.5) is 0 Å². The predicted molar refractivity (Wildman–Crippen MR) is 94.7 cm³/mol. The summed E-state index contributed by atoms with van der Waals surface area (Å²) >= 11 is 1.46. The normalized spacial score (nSPS) is 12.0. The van der Waals surface area contributed by atoms with E-state index in [1.54, 1.807) is 6.07 Å². The first kappa shape index (κ1) is 16.6. The molecule has 5 heteroatoms. The average Bonchev–Trinajstić information content (AvgIpc) is 2.47. The molecule has 1 heterocycles. The Morgan fingerprint density at radius 1 is 1.27 bits per heavy atom. The molecule has 0 aliphatic carbocycles. The molecule has 0 saturated heterocycles. The van der Waals surface area contributed by atoms with Gasteiger partial charge in [-0.25, -0.2) is 4.79 Å². The number of thioether (sulfide) groups is 1. The van der Waals surface area contributed by atoms with Crippen molar-refractivity contribution in [2.45, 2.75) is 39.4 Å². The van der Waals surface area contributed by atoms with Crippen LogP contribution in [-0.4, -0.2) is 11.7 Å². The molecule has 0 atom stereocenters. The number of fused-ring (bicyclic) bond motifs is 1. The number of benzene rings is 1. The lowest BCUT2D eigenvalue weighted by Gasteiger charge is -2.08. The summed E-state index contributed by atoms with van der Waals surface area (Å²) in [5.41, 5.74) is 9.44. The fourth-order valence-electron chi connectivity index (χ4n) is 2.15. The quantitative estimate of drug-likeness (QED) is 0.394. The van der Waals surface area contributed by atoms with Crippen molar-refractivity contribution in [3.63, 3.8) is 0 Å². The molecule has 1 aromatic heterocycles. The second kappa shape index (κ2) is 7.49. The fraction of sp³-hybridized carbons (Fsp3) is 0.412. The van der Waals surface area contributed by atoms with Crippen molar-refractivity contribution < 1.29 is 4.42 Å². The summed E-state index contributed by atoms with van der Waals surface area (Å²) in [6.45, 7) is 6.94. The number of rotatable bonds is 5. The van der Waals surface area contributed by atoms with Crippen LogP contribution >= 0.6 is 11.8 Å². The molecular formula is C17H22N2O2S. The van der Waals surface area contributed by atoms with E-state index in [4.69, 9.17) is 10.2 Å². The predicted octanol–water partition coefficient (Wildman–Crippen LogP) is 3.76. The number of amidine groups is 1. The standard InChI is InChI=1S/C17H22N2O2S/c1-4-5-6-19-17(18)22-10-13-9-16(20)21-15-8-12(3)11(2)7-14(13)15/h7-9H,4-6,10H2,1-3H3,(H2,18,19). The van der Waals surface area contributed by atoms with Crippen LogP contribution in [0.3, 0.4) is 0 Å². The molecule has 2 N–H and O–H groups in total. The zero-order valence-corrected chi connectivity index (χ0v) is 14.1. The van der Waals surface area contributed by atoms with Gasteiger partial charge < -0.3 is 10.2 Å². The highest BCUT2D eigenvalue weighted by Crippen LogP contribution is 2.24. The van der Waals surface area contributed by atoms with Gasteiger partial charge in [-0.1, -0.05) is 25.1 Å². The smallest absolute Gasteiger partial charge is 0.336 e. The second-order valence-electron chi connectivity index (χ2n) is 5.39. The van der Waals surface area contributed by atoms with Gasteiger partial charge in [0.05, 0.1) is 0 Å². The average molecular weight is 318 g/mol. The number of nitrogens with zero attached hydrogens (tertiary/aromatic N) is 1. The molecular weight excluding hydrogens is 296 g/mol. The van der Waals surface area contributed by atoms with E-state index < -0.39 is 0 Å². The van der Waals surface area contributed by atoms with E-state index in [1.807, 2.05) is 13.0 Å². The largest absolute Gasteiger partial charge is 0.423 e. The third-order valence-corrected chi connectivity index (χ3v) is 4.48. The van der Waals surface area contributed by atoms with Crippen molar-refractivity contribution in [2.75, 3.05) is 6.54 Å². The minimum atomic E-state index is -0.326. The van der Waals surface area contributed by atoms with Crippen molar-refractivity contribution in [1.29, 1.82) is 0 Å². The number of unbranched alkanes of at least 4 members (excludes halogenated alkanes) is 1. The molecule has 2 aromatic rings. The first-order valence-electron chi connectivity index (χ1n) is 7.48. The molecule has 2 rings (SSSR count). The lowest BCUT2D eigenvalue weighted by molar-refractivity contribution is 0.559. The number of hydrogen-bond acceptors (Lipinski definition) is 4. The van der Waals surface area contributed by atoms with Crippen molar-refractivity contribution in [3.05, 3.63) is 45.3 Å². The zero-order chi connectivity index (χ0) is 16.1. The molecule has 0 unspecified atom stereocenters. The second-order valence-corrected chi connectivity index (χ2v) is 6.38. The van der Waals surface area contributed by atoms with Crippen LogP contribution < -0.4 is 11.4 Å². The summed E-state index contributed by atoms with van der Waals surface area (Å²) in [6, 6.07) is 5.52. The van der Waals surface area contributed by atoms with Gasteiger partial charge in [0.15, 0.2) is 5.17 Å². The Hall–Kier alpha value is -1.75. The van der Waals surface area contributed by atoms with Gasteiger partial charge >= 0.3 is 5.63 Å². The van der Waals surface area contributed by atoms with Gasteiger partial charge in [0, 0.05) is 23.8 Å². The van der Waals surface area contributed by atoms with Crippen molar-refractivity contribution in [3.8, 4) is 0 Å². The number of aliphatic imine (C=N–C) groups is 1. The van der Waals surface area contributed by atoms with Gasteiger partial charge in [0.25, 0.3) is 0 Å². The molecule has 0 aliphatic rings. The SMILES string of the molecule is CCCCN=C(N)SCc1cc(=O)oc2cc(C)c(C)cc12. The first-order valence-corrected chi connectivity index (χ1v) is 8.46. The Morgan fingerprint density at radius 3 is 2.73 bits per heavy atom. The lowest BCUT2D eigenvalue weighted by Crippen LogP contribution is -2.09. The Kier molecular flexibility index (Phi) is 5.66. The van der Waals surface area contributed by atoms with Crippen LogP contribution in [0.15, 0.2) is 32.4 Å². The third kappa shape index (κ3) is 4.13. The van der Waals surface area contributed by atoms with E-state index in [0.29, 0.717) is 16.5 Å². The van der Waals surface area contributed by atoms with Crippen LogP contribution in [0.2, 0.25) is 0 Å². The Morgan fingerprint density at radius 2 is 2.00 bits per heavy atom. The van der Waals surface area contributed by atoms with Gasteiger partial charge in [0.1, 0.15) is 5.58 Å². The minimum Gasteiger partial charge on any atom is -0.423 e. The molecule has 0 fully saturated rings. The lowest BCUT2D eigenvalue weighted by atomic mass is 10.0. The summed E-state index contributed by atoms with van der Waals surface area (Å²) < 4.78 is 5.30. The van der Waals surface area contributed by atoms with Gasteiger partial charge in [-0.15, -0.1) is 0 Å². The summed E-state index contributed by atoms with van der Waals surface area (Å²) in [7, 11) is 0. The van der Waals surface area contributed by atoms with E-state index in [9.17, 15) is 4.79 Å². The summed E-state index contributed by atoms with van der Waals surface area (Å²) in [5.74, 6) is 0.617. The zero-order valence-electron chi connectivity index (χ0n) is 13.3. The Labute approximate surface area is 134 Å². The maximum absolute atomic E-state index is 11.7. The molecule has 1 aromatic carbocycles. The maximum Gasteiger partial charge on any atom is 0.336 e. The molecule has 0 saturated carbocycles. The van der Waals surface area contributed by atoms with Crippen LogP contribution in [0.25, 0.3) is 11.0 Å². The fourth-order valence-corrected chi connectivity index (χ4v) is 2.87. The molecule has 0 bridgehead atoms. The van der Waals surface area contributed by atoms with E-state index in [-0.39, 0.29) is 5.63 Å². The summed E-state index contributed by atoms with van der Waals surface area (Å²) in [5, 5.41) is 1.54. The Bertz CT molecular complexity index is 750. The summed E-state index contributed by atoms with van der Waals surface area (Å²) in [6.07, 6.45) is 2.14. The highest BCUT2D eigenvalue weighted by atomic mass is 32.2. The van der Waals surface area contributed by atoms with Crippen LogP contribution in [0.1, 0.15) is 36.5 Å². The third-order valence-electron chi connectivity index (χ3n) is 3.60. The monoisotopic (exact) mass is 318 g/mol. The van der Waals surface area contributed by atoms with Gasteiger partial charge in [-0.3, -0.25) is 4.99 Å². The first-order chi connectivity index (χ1) is 10.5. The molecule has 0 amide bonds. The highest BCUT2D eigenvalue weighted by Gasteiger charge is 2.08. The van der Waals surface area contributed by atoms with Crippen LogP contribution in [0, 0.1) is 13.8 Å². The molecule has 22 heavy (non-hydrogen) atoms. The summed E-state index contributed by atoms with van der Waals surface area (Å²) in [4.78, 5) is 16.0. The molecule has 0 radical (unpaired) electrons. The number of nitrogens with two attached hydrogens (primary N) is 1. The van der Waals surface area contributed by atoms with Crippen LogP contribution in [0.5, 0.6) is 0 Å². The minimum absolute atomic E-state index is 0.326. The topological polar surface area (TPSA) is 68.6 Å². The molecule has 0 aliphatic heterocycles. The van der Waals surface area contributed by atoms with Crippen LogP contribution in [-0.2, 0) is 5.75 Å². The van der Waals surface area contributed by atoms with Gasteiger partial charge in [-0.05, 0) is 49.1 Å². The van der Waals surface area contributed by atoms with E-state index in [1.165, 1.54) is 17.3 Å². The number of hydrogen-bond donors (Lipinski definition) is 1. The van der Waals surface area contributed by atoms with E-state index in [0.717, 1.165) is 35.9 Å². The van der Waals surface area contributed by atoms with E-state index >= 15 is 0 Å². The molecule has 0 spiro atoms. The Balaban J connectivity index is 2.25. The highest BCUT2D eigenvalue weighted by molar-refractivity contribution is 8.13. The van der Waals surface area contributed by atoms with Gasteiger partial charge in [-0.2, -0.15) is 0 Å². The van der Waals surface area contributed by atoms with Crippen molar-refractivity contribution in [2.24, 2.45) is 10.7 Å². The molecule has 118 valence electrons. The number of aryl methyl sites for hydroxylation is 2. The van der Waals surface area contributed by atoms with Crippen molar-refractivity contribution in [1.82, 2.24) is 0 Å². The van der Waals surface area contributed by atoms with Gasteiger partial charge in [0.2, 0.25) is 0 Å². The van der Waals surface area contributed by atoms with Crippen molar-refractivity contribution >= 4 is 27.9 Å².